The predicted molar refractivity (Wildman–Crippen MR) is 70.4 cm³/mol. The van der Waals surface area contributed by atoms with Crippen LogP contribution in [0.3, 0.4) is 0 Å². The number of hydrogen-bond acceptors (Lipinski definition) is 3. The van der Waals surface area contributed by atoms with Crippen LogP contribution in [-0.2, 0) is 11.3 Å². The third-order valence-electron chi connectivity index (χ3n) is 2.98. The molecule has 18 heavy (non-hydrogen) atoms. The highest BCUT2D eigenvalue weighted by Crippen LogP contribution is 2.27. The van der Waals surface area contributed by atoms with Crippen LogP contribution in [0.2, 0.25) is 0 Å². The van der Waals surface area contributed by atoms with E-state index in [0.717, 1.165) is 24.4 Å². The smallest absolute Gasteiger partial charge is 0.257 e. The fourth-order valence-electron chi connectivity index (χ4n) is 1.76. The quantitative estimate of drug-likeness (QED) is 0.765. The zero-order valence-electron chi connectivity index (χ0n) is 10.7. The van der Waals surface area contributed by atoms with E-state index in [1.54, 1.807) is 0 Å². The standard InChI is InChI=1S/C14H20N2O2/c1-15-9-12-4-2-3-5-13(12)18-10-14(17)16-8-11-6-7-11/h2-5,11,15H,6-10H2,1H3,(H,16,17). The van der Waals surface area contributed by atoms with E-state index in [4.69, 9.17) is 4.74 Å². The second-order valence-corrected chi connectivity index (χ2v) is 4.67. The zero-order valence-corrected chi connectivity index (χ0v) is 10.7. The Hall–Kier alpha value is -1.55. The number of nitrogens with one attached hydrogen (secondary N) is 2. The molecule has 98 valence electrons. The van der Waals surface area contributed by atoms with Gasteiger partial charge < -0.3 is 15.4 Å². The molecule has 0 radical (unpaired) electrons. The maximum absolute atomic E-state index is 11.6. The molecule has 0 bridgehead atoms. The molecule has 4 heteroatoms. The molecule has 1 aromatic carbocycles. The Bertz CT molecular complexity index is 403. The summed E-state index contributed by atoms with van der Waals surface area (Å²) in [6.45, 7) is 1.62. The van der Waals surface area contributed by atoms with E-state index in [-0.39, 0.29) is 12.5 Å². The zero-order chi connectivity index (χ0) is 12.8. The minimum Gasteiger partial charge on any atom is -0.483 e. The van der Waals surface area contributed by atoms with E-state index in [9.17, 15) is 4.79 Å². The fraction of sp³-hybridized carbons (Fsp3) is 0.500. The molecule has 0 heterocycles. The largest absolute Gasteiger partial charge is 0.483 e. The van der Waals surface area contributed by atoms with Gasteiger partial charge in [-0.2, -0.15) is 0 Å². The van der Waals surface area contributed by atoms with Crippen LogP contribution in [0.5, 0.6) is 5.75 Å². The van der Waals surface area contributed by atoms with Crippen molar-refractivity contribution in [2.24, 2.45) is 5.92 Å². The van der Waals surface area contributed by atoms with Crippen LogP contribution in [-0.4, -0.2) is 26.1 Å². The highest BCUT2D eigenvalue weighted by Gasteiger charge is 2.21. The molecule has 2 N–H and O–H groups in total. The van der Waals surface area contributed by atoms with Gasteiger partial charge in [0.2, 0.25) is 0 Å². The third-order valence-corrected chi connectivity index (χ3v) is 2.98. The second-order valence-electron chi connectivity index (χ2n) is 4.67. The van der Waals surface area contributed by atoms with Gasteiger partial charge in [0.05, 0.1) is 0 Å². The lowest BCUT2D eigenvalue weighted by Gasteiger charge is -2.11. The molecule has 1 amide bonds. The van der Waals surface area contributed by atoms with Gasteiger partial charge in [0.1, 0.15) is 5.75 Å². The van der Waals surface area contributed by atoms with Gasteiger partial charge in [0.25, 0.3) is 5.91 Å². The van der Waals surface area contributed by atoms with Crippen molar-refractivity contribution >= 4 is 5.91 Å². The van der Waals surface area contributed by atoms with E-state index >= 15 is 0 Å². The van der Waals surface area contributed by atoms with Crippen LogP contribution in [0.25, 0.3) is 0 Å². The van der Waals surface area contributed by atoms with Crippen LogP contribution in [0, 0.1) is 5.92 Å². The van der Waals surface area contributed by atoms with Gasteiger partial charge in [-0.3, -0.25) is 4.79 Å². The Kier molecular flexibility index (Phi) is 4.59. The van der Waals surface area contributed by atoms with Crippen molar-refractivity contribution in [3.63, 3.8) is 0 Å². The number of amides is 1. The van der Waals surface area contributed by atoms with Crippen molar-refractivity contribution < 1.29 is 9.53 Å². The maximum atomic E-state index is 11.6. The monoisotopic (exact) mass is 248 g/mol. The molecule has 0 aromatic heterocycles. The first-order valence-electron chi connectivity index (χ1n) is 6.41. The third kappa shape index (κ3) is 4.04. The van der Waals surface area contributed by atoms with Crippen molar-refractivity contribution in [3.05, 3.63) is 29.8 Å². The van der Waals surface area contributed by atoms with Crippen molar-refractivity contribution in [1.29, 1.82) is 0 Å². The molecule has 1 aliphatic rings. The lowest BCUT2D eigenvalue weighted by molar-refractivity contribution is -0.123. The van der Waals surface area contributed by atoms with Crippen LogP contribution >= 0.6 is 0 Å². The molecular formula is C14H20N2O2. The Morgan fingerprint density at radius 1 is 1.39 bits per heavy atom. The molecule has 1 saturated carbocycles. The number of carbonyl (C=O) groups is 1. The van der Waals surface area contributed by atoms with Crippen molar-refractivity contribution in [3.8, 4) is 5.75 Å². The molecule has 4 nitrogen and oxygen atoms in total. The second kappa shape index (κ2) is 6.40. The number of benzene rings is 1. The van der Waals surface area contributed by atoms with Crippen molar-refractivity contribution in [2.75, 3.05) is 20.2 Å². The van der Waals surface area contributed by atoms with Gasteiger partial charge in [-0.1, -0.05) is 18.2 Å². The molecule has 0 saturated heterocycles. The lowest BCUT2D eigenvalue weighted by atomic mass is 10.2. The first-order valence-corrected chi connectivity index (χ1v) is 6.41. The van der Waals surface area contributed by atoms with Crippen LogP contribution in [0.1, 0.15) is 18.4 Å². The van der Waals surface area contributed by atoms with Gasteiger partial charge >= 0.3 is 0 Å². The average molecular weight is 248 g/mol. The number of carbonyl (C=O) groups excluding carboxylic acids is 1. The summed E-state index contributed by atoms with van der Waals surface area (Å²) in [6.07, 6.45) is 2.48. The van der Waals surface area contributed by atoms with Gasteiger partial charge in [0, 0.05) is 18.7 Å². The highest BCUT2D eigenvalue weighted by molar-refractivity contribution is 5.77. The first kappa shape index (κ1) is 12.9. The first-order chi connectivity index (χ1) is 8.79. The summed E-state index contributed by atoms with van der Waals surface area (Å²) in [4.78, 5) is 11.6. The molecule has 1 aliphatic carbocycles. The van der Waals surface area contributed by atoms with E-state index < -0.39 is 0 Å². The average Bonchev–Trinajstić information content (AvgIpc) is 3.20. The SMILES string of the molecule is CNCc1ccccc1OCC(=O)NCC1CC1. The minimum atomic E-state index is -0.0406. The Morgan fingerprint density at radius 2 is 2.17 bits per heavy atom. The Labute approximate surface area is 108 Å². The van der Waals surface area contributed by atoms with Crippen LogP contribution in [0.15, 0.2) is 24.3 Å². The van der Waals surface area contributed by atoms with E-state index in [0.29, 0.717) is 5.92 Å². The summed E-state index contributed by atoms with van der Waals surface area (Å²) in [6, 6.07) is 7.76. The van der Waals surface area contributed by atoms with E-state index in [1.165, 1.54) is 12.8 Å². The van der Waals surface area contributed by atoms with Gasteiger partial charge in [-0.05, 0) is 31.9 Å². The maximum Gasteiger partial charge on any atom is 0.257 e. The number of ether oxygens (including phenoxy) is 1. The molecule has 1 fully saturated rings. The van der Waals surface area contributed by atoms with E-state index in [1.807, 2.05) is 31.3 Å². The minimum absolute atomic E-state index is 0.0406. The molecule has 0 spiro atoms. The summed E-state index contributed by atoms with van der Waals surface area (Å²) in [5.74, 6) is 1.43. The topological polar surface area (TPSA) is 50.4 Å². The summed E-state index contributed by atoms with van der Waals surface area (Å²) < 4.78 is 5.55. The Morgan fingerprint density at radius 3 is 2.89 bits per heavy atom. The number of para-hydroxylation sites is 1. The normalized spacial score (nSPS) is 14.3. The van der Waals surface area contributed by atoms with Crippen molar-refractivity contribution in [1.82, 2.24) is 10.6 Å². The molecule has 0 unspecified atom stereocenters. The molecule has 0 aliphatic heterocycles. The Balaban J connectivity index is 1.78. The summed E-state index contributed by atoms with van der Waals surface area (Å²) >= 11 is 0. The van der Waals surface area contributed by atoms with Gasteiger partial charge in [0.15, 0.2) is 6.61 Å². The molecular weight excluding hydrogens is 228 g/mol. The summed E-state index contributed by atoms with van der Waals surface area (Å²) in [7, 11) is 1.89. The van der Waals surface area contributed by atoms with Crippen LogP contribution < -0.4 is 15.4 Å². The fourth-order valence-corrected chi connectivity index (χ4v) is 1.76. The lowest BCUT2D eigenvalue weighted by Crippen LogP contribution is -2.30. The van der Waals surface area contributed by atoms with E-state index in [2.05, 4.69) is 10.6 Å². The molecule has 2 rings (SSSR count). The highest BCUT2D eigenvalue weighted by atomic mass is 16.5. The number of hydrogen-bond donors (Lipinski definition) is 2. The summed E-state index contributed by atoms with van der Waals surface area (Å²) in [5.41, 5.74) is 1.06. The van der Waals surface area contributed by atoms with Gasteiger partial charge in [-0.25, -0.2) is 0 Å². The van der Waals surface area contributed by atoms with Crippen LogP contribution in [0.4, 0.5) is 0 Å². The molecule has 0 atom stereocenters. The molecule has 1 aromatic rings. The van der Waals surface area contributed by atoms with Crippen molar-refractivity contribution in [2.45, 2.75) is 19.4 Å². The van der Waals surface area contributed by atoms with Gasteiger partial charge in [-0.15, -0.1) is 0 Å². The summed E-state index contributed by atoms with van der Waals surface area (Å²) in [5, 5.41) is 5.97. The predicted octanol–water partition coefficient (Wildman–Crippen LogP) is 1.31. The number of rotatable bonds is 7.